The molecule has 0 aromatic heterocycles. The first-order chi connectivity index (χ1) is 13.9. The number of nitrogens with one attached hydrogen (secondary N) is 1. The Morgan fingerprint density at radius 1 is 1.14 bits per heavy atom. The highest BCUT2D eigenvalue weighted by Crippen LogP contribution is 2.23. The van der Waals surface area contributed by atoms with Gasteiger partial charge in [0.2, 0.25) is 5.91 Å². The average Bonchev–Trinajstić information content (AvgIpc) is 2.72. The molecule has 2 aromatic rings. The van der Waals surface area contributed by atoms with Crippen molar-refractivity contribution in [2.45, 2.75) is 26.3 Å². The lowest BCUT2D eigenvalue weighted by Gasteiger charge is -2.19. The Morgan fingerprint density at radius 3 is 2.52 bits per heavy atom. The molecule has 0 aliphatic rings. The van der Waals surface area contributed by atoms with Crippen molar-refractivity contribution in [3.63, 3.8) is 0 Å². The van der Waals surface area contributed by atoms with Crippen LogP contribution in [0.4, 0.5) is 0 Å². The zero-order valence-electron chi connectivity index (χ0n) is 17.0. The van der Waals surface area contributed by atoms with Crippen molar-refractivity contribution in [3.05, 3.63) is 58.6 Å². The van der Waals surface area contributed by atoms with Gasteiger partial charge in [0.15, 0.2) is 0 Å². The quantitative estimate of drug-likeness (QED) is 0.594. The minimum absolute atomic E-state index is 0.104. The standard InChI is InChI=1S/C22H27ClN2O4/c1-4-5-12-29-19-9-6-16(7-10-19)22(27)24-14-21(26)25(2)15-17-13-18(23)8-11-20(17)28-3/h6-11,13H,4-5,12,14-15H2,1-3H3,(H,24,27). The van der Waals surface area contributed by atoms with E-state index in [9.17, 15) is 9.59 Å². The highest BCUT2D eigenvalue weighted by Gasteiger charge is 2.14. The summed E-state index contributed by atoms with van der Waals surface area (Å²) in [5, 5.41) is 3.22. The number of unbranched alkanes of at least 4 members (excludes halogenated alkanes) is 1. The van der Waals surface area contributed by atoms with Crippen molar-refractivity contribution in [1.82, 2.24) is 10.2 Å². The first-order valence-electron chi connectivity index (χ1n) is 9.52. The first-order valence-corrected chi connectivity index (χ1v) is 9.89. The predicted octanol–water partition coefficient (Wildman–Crippen LogP) is 3.92. The maximum absolute atomic E-state index is 12.4. The highest BCUT2D eigenvalue weighted by molar-refractivity contribution is 6.30. The van der Waals surface area contributed by atoms with Gasteiger partial charge < -0.3 is 19.7 Å². The van der Waals surface area contributed by atoms with E-state index in [1.54, 1.807) is 56.6 Å². The fourth-order valence-corrected chi connectivity index (χ4v) is 2.84. The molecule has 7 heteroatoms. The van der Waals surface area contributed by atoms with Crippen LogP contribution in [-0.4, -0.2) is 44.0 Å². The Hall–Kier alpha value is -2.73. The number of hydrogen-bond donors (Lipinski definition) is 1. The molecule has 0 atom stereocenters. The summed E-state index contributed by atoms with van der Waals surface area (Å²) in [6.45, 7) is 2.97. The van der Waals surface area contributed by atoms with Crippen LogP contribution in [0.15, 0.2) is 42.5 Å². The van der Waals surface area contributed by atoms with Crippen molar-refractivity contribution in [2.24, 2.45) is 0 Å². The Balaban J connectivity index is 1.86. The Kier molecular flexibility index (Phi) is 8.80. The molecule has 0 radical (unpaired) electrons. The molecule has 2 aromatic carbocycles. The number of ether oxygens (including phenoxy) is 2. The van der Waals surface area contributed by atoms with Crippen LogP contribution in [0.5, 0.6) is 11.5 Å². The molecule has 0 bridgehead atoms. The van der Waals surface area contributed by atoms with Gasteiger partial charge in [0.1, 0.15) is 11.5 Å². The number of carbonyl (C=O) groups is 2. The number of benzene rings is 2. The third-order valence-electron chi connectivity index (χ3n) is 4.36. The molecule has 6 nitrogen and oxygen atoms in total. The summed E-state index contributed by atoms with van der Waals surface area (Å²) in [4.78, 5) is 26.2. The van der Waals surface area contributed by atoms with Gasteiger partial charge in [0.25, 0.3) is 5.91 Å². The van der Waals surface area contributed by atoms with Crippen LogP contribution >= 0.6 is 11.6 Å². The zero-order valence-corrected chi connectivity index (χ0v) is 17.8. The second-order valence-corrected chi connectivity index (χ2v) is 7.05. The van der Waals surface area contributed by atoms with Crippen LogP contribution in [0.3, 0.4) is 0 Å². The van der Waals surface area contributed by atoms with Crippen LogP contribution in [-0.2, 0) is 11.3 Å². The summed E-state index contributed by atoms with van der Waals surface area (Å²) in [5.74, 6) is 0.840. The minimum atomic E-state index is -0.313. The van der Waals surface area contributed by atoms with Crippen molar-refractivity contribution in [3.8, 4) is 11.5 Å². The lowest BCUT2D eigenvalue weighted by molar-refractivity contribution is -0.129. The lowest BCUT2D eigenvalue weighted by Crippen LogP contribution is -2.37. The summed E-state index contributed by atoms with van der Waals surface area (Å²) >= 11 is 6.03. The summed E-state index contributed by atoms with van der Waals surface area (Å²) in [6.07, 6.45) is 2.05. The maximum Gasteiger partial charge on any atom is 0.251 e. The summed E-state index contributed by atoms with van der Waals surface area (Å²) < 4.78 is 10.9. The molecular weight excluding hydrogens is 392 g/mol. The number of halogens is 1. The van der Waals surface area contributed by atoms with Gasteiger partial charge in [-0.1, -0.05) is 24.9 Å². The Morgan fingerprint density at radius 2 is 1.86 bits per heavy atom. The largest absolute Gasteiger partial charge is 0.496 e. The topological polar surface area (TPSA) is 67.9 Å². The zero-order chi connectivity index (χ0) is 21.2. The molecule has 1 N–H and O–H groups in total. The summed E-state index contributed by atoms with van der Waals surface area (Å²) in [7, 11) is 3.23. The second kappa shape index (κ2) is 11.3. The van der Waals surface area contributed by atoms with E-state index >= 15 is 0 Å². The van der Waals surface area contributed by atoms with E-state index in [-0.39, 0.29) is 18.4 Å². The van der Waals surface area contributed by atoms with E-state index in [0.29, 0.717) is 29.5 Å². The van der Waals surface area contributed by atoms with E-state index in [1.807, 2.05) is 0 Å². The molecule has 156 valence electrons. The van der Waals surface area contributed by atoms with Gasteiger partial charge in [-0.05, 0) is 48.9 Å². The molecule has 0 unspecified atom stereocenters. The molecule has 0 aliphatic heterocycles. The Bertz CT molecular complexity index is 824. The van der Waals surface area contributed by atoms with Crippen LogP contribution in [0.25, 0.3) is 0 Å². The average molecular weight is 419 g/mol. The molecule has 0 spiro atoms. The van der Waals surface area contributed by atoms with E-state index < -0.39 is 0 Å². The molecule has 0 aliphatic carbocycles. The molecule has 2 rings (SSSR count). The highest BCUT2D eigenvalue weighted by atomic mass is 35.5. The number of likely N-dealkylation sites (N-methyl/N-ethyl adjacent to an activating group) is 1. The van der Waals surface area contributed by atoms with Crippen LogP contribution in [0.1, 0.15) is 35.7 Å². The fourth-order valence-electron chi connectivity index (χ4n) is 2.64. The maximum atomic E-state index is 12.4. The monoisotopic (exact) mass is 418 g/mol. The van der Waals surface area contributed by atoms with Crippen molar-refractivity contribution in [2.75, 3.05) is 27.3 Å². The molecule has 0 saturated heterocycles. The van der Waals surface area contributed by atoms with Gasteiger partial charge >= 0.3 is 0 Å². The lowest BCUT2D eigenvalue weighted by atomic mass is 10.2. The molecule has 0 heterocycles. The van der Waals surface area contributed by atoms with Gasteiger partial charge in [-0.2, -0.15) is 0 Å². The van der Waals surface area contributed by atoms with Crippen molar-refractivity contribution >= 4 is 23.4 Å². The van der Waals surface area contributed by atoms with Gasteiger partial charge in [-0.25, -0.2) is 0 Å². The van der Waals surface area contributed by atoms with E-state index in [2.05, 4.69) is 12.2 Å². The molecular formula is C22H27ClN2O4. The molecule has 29 heavy (non-hydrogen) atoms. The normalized spacial score (nSPS) is 10.3. The van der Waals surface area contributed by atoms with Crippen molar-refractivity contribution < 1.29 is 19.1 Å². The fraction of sp³-hybridized carbons (Fsp3) is 0.364. The molecule has 2 amide bonds. The smallest absolute Gasteiger partial charge is 0.251 e. The number of rotatable bonds is 10. The third-order valence-corrected chi connectivity index (χ3v) is 4.59. The number of amides is 2. The SMILES string of the molecule is CCCCOc1ccc(C(=O)NCC(=O)N(C)Cc2cc(Cl)ccc2OC)cc1. The predicted molar refractivity (Wildman–Crippen MR) is 114 cm³/mol. The minimum Gasteiger partial charge on any atom is -0.496 e. The van der Waals surface area contributed by atoms with E-state index in [1.165, 1.54) is 4.90 Å². The van der Waals surface area contributed by atoms with Crippen LogP contribution in [0, 0.1) is 0 Å². The van der Waals surface area contributed by atoms with Gasteiger partial charge in [-0.15, -0.1) is 0 Å². The van der Waals surface area contributed by atoms with Crippen LogP contribution < -0.4 is 14.8 Å². The molecule has 0 saturated carbocycles. The number of carbonyl (C=O) groups excluding carboxylic acids is 2. The van der Waals surface area contributed by atoms with Crippen LogP contribution in [0.2, 0.25) is 5.02 Å². The summed E-state index contributed by atoms with van der Waals surface area (Å²) in [5.41, 5.74) is 1.26. The van der Waals surface area contributed by atoms with E-state index in [4.69, 9.17) is 21.1 Å². The van der Waals surface area contributed by atoms with Crippen molar-refractivity contribution in [1.29, 1.82) is 0 Å². The first kappa shape index (κ1) is 22.6. The number of nitrogens with zero attached hydrogens (tertiary/aromatic N) is 1. The number of hydrogen-bond acceptors (Lipinski definition) is 4. The number of methoxy groups -OCH3 is 1. The van der Waals surface area contributed by atoms with Gasteiger partial charge in [-0.3, -0.25) is 9.59 Å². The second-order valence-electron chi connectivity index (χ2n) is 6.62. The molecule has 0 fully saturated rings. The third kappa shape index (κ3) is 6.98. The van der Waals surface area contributed by atoms with Gasteiger partial charge in [0.05, 0.1) is 20.3 Å². The Labute approximate surface area is 176 Å². The van der Waals surface area contributed by atoms with E-state index in [0.717, 1.165) is 24.2 Å². The van der Waals surface area contributed by atoms with Gasteiger partial charge in [0, 0.05) is 29.7 Å². The summed E-state index contributed by atoms with van der Waals surface area (Å²) in [6, 6.07) is 12.1.